The number of rotatable bonds is 12. The van der Waals surface area contributed by atoms with Gasteiger partial charge in [-0.05, 0) is 63.5 Å². The lowest BCUT2D eigenvalue weighted by Crippen LogP contribution is -2.53. The topological polar surface area (TPSA) is 108 Å². The third-order valence-electron chi connectivity index (χ3n) is 8.80. The minimum Gasteiger partial charge on any atom is -0.396 e. The van der Waals surface area contributed by atoms with Crippen molar-refractivity contribution < 1.29 is 24.2 Å². The number of likely N-dealkylation sites (tertiary alicyclic amines) is 1. The Kier molecular flexibility index (Phi) is 8.29. The number of anilines is 1. The van der Waals surface area contributed by atoms with Gasteiger partial charge in [-0.1, -0.05) is 44.9 Å². The standard InChI is InChI=1S/C29H43N3O5/c1-5-16-30-25(34)21-22-27(36)32(17-9-7-8-10-18-33)24(29(22)15-14-28(21,6-2)37-29)26(35)31-23-19(3)12-11-13-20(23)4/h11-13,21-22,24,33H,5-10,14-18H2,1-4H3,(H,30,34)(H,31,35)/t21-,22-,24?,28+,29?/m0/s1. The lowest BCUT2D eigenvalue weighted by Gasteiger charge is -2.34. The van der Waals surface area contributed by atoms with Crippen LogP contribution in [0.3, 0.4) is 0 Å². The number of nitrogens with one attached hydrogen (secondary N) is 2. The predicted octanol–water partition coefficient (Wildman–Crippen LogP) is 3.48. The number of aliphatic hydroxyl groups excluding tert-OH is 1. The van der Waals surface area contributed by atoms with Crippen molar-refractivity contribution in [2.45, 2.75) is 96.3 Å². The van der Waals surface area contributed by atoms with Crippen LogP contribution in [-0.4, -0.2) is 64.7 Å². The third-order valence-corrected chi connectivity index (χ3v) is 8.80. The quantitative estimate of drug-likeness (QED) is 0.371. The number of aryl methyl sites for hydroxylation is 2. The van der Waals surface area contributed by atoms with Gasteiger partial charge in [-0.15, -0.1) is 0 Å². The number of ether oxygens (including phenoxy) is 1. The van der Waals surface area contributed by atoms with Crippen LogP contribution in [0.1, 0.15) is 76.3 Å². The van der Waals surface area contributed by atoms with Crippen LogP contribution in [0, 0.1) is 25.7 Å². The van der Waals surface area contributed by atoms with E-state index >= 15 is 0 Å². The van der Waals surface area contributed by atoms with E-state index in [1.165, 1.54) is 0 Å². The zero-order valence-corrected chi connectivity index (χ0v) is 22.8. The summed E-state index contributed by atoms with van der Waals surface area (Å²) in [6, 6.07) is 5.08. The second kappa shape index (κ2) is 11.1. The molecule has 3 aliphatic heterocycles. The van der Waals surface area contributed by atoms with Crippen molar-refractivity contribution in [1.29, 1.82) is 0 Å². The Morgan fingerprint density at radius 3 is 2.43 bits per heavy atom. The van der Waals surface area contributed by atoms with Crippen molar-refractivity contribution in [3.05, 3.63) is 29.3 Å². The molecule has 0 aromatic heterocycles. The van der Waals surface area contributed by atoms with Gasteiger partial charge in [0, 0.05) is 25.4 Å². The van der Waals surface area contributed by atoms with Gasteiger partial charge in [0.1, 0.15) is 11.6 Å². The highest BCUT2D eigenvalue weighted by Gasteiger charge is 2.78. The normalized spacial score (nSPS) is 30.0. The highest BCUT2D eigenvalue weighted by Crippen LogP contribution is 2.64. The highest BCUT2D eigenvalue weighted by atomic mass is 16.5. The summed E-state index contributed by atoms with van der Waals surface area (Å²) < 4.78 is 6.79. The molecule has 1 spiro atoms. The number of aliphatic hydroxyl groups is 1. The minimum absolute atomic E-state index is 0.137. The SMILES string of the molecule is CCCNC(=O)[C@@H]1[C@H]2C(=O)N(CCCCCCO)C(C(=O)Nc3c(C)cccc3C)C23CC[C@@]1(CC)O3. The molecule has 3 amide bonds. The van der Waals surface area contributed by atoms with Crippen LogP contribution in [0.2, 0.25) is 0 Å². The van der Waals surface area contributed by atoms with Gasteiger partial charge in [-0.2, -0.15) is 0 Å². The summed E-state index contributed by atoms with van der Waals surface area (Å²) in [4.78, 5) is 43.3. The summed E-state index contributed by atoms with van der Waals surface area (Å²) >= 11 is 0. The van der Waals surface area contributed by atoms with Gasteiger partial charge >= 0.3 is 0 Å². The number of hydrogen-bond acceptors (Lipinski definition) is 5. The lowest BCUT2D eigenvalue weighted by atomic mass is 9.65. The summed E-state index contributed by atoms with van der Waals surface area (Å²) in [5.74, 6) is -1.78. The molecule has 0 aliphatic carbocycles. The third kappa shape index (κ3) is 4.67. The molecule has 3 N–H and O–H groups in total. The van der Waals surface area contributed by atoms with Gasteiger partial charge in [0.15, 0.2) is 0 Å². The fourth-order valence-corrected chi connectivity index (χ4v) is 6.97. The first-order valence-electron chi connectivity index (χ1n) is 14.0. The molecule has 8 heteroatoms. The predicted molar refractivity (Wildman–Crippen MR) is 142 cm³/mol. The van der Waals surface area contributed by atoms with E-state index in [1.54, 1.807) is 4.90 Å². The second-order valence-corrected chi connectivity index (χ2v) is 11.0. The monoisotopic (exact) mass is 513 g/mol. The van der Waals surface area contributed by atoms with Crippen LogP contribution in [0.25, 0.3) is 0 Å². The molecule has 204 valence electrons. The summed E-state index contributed by atoms with van der Waals surface area (Å²) in [6.07, 6.45) is 5.84. The molecule has 2 bridgehead atoms. The van der Waals surface area contributed by atoms with Crippen LogP contribution in [0.5, 0.6) is 0 Å². The van der Waals surface area contributed by atoms with E-state index in [9.17, 15) is 14.4 Å². The summed E-state index contributed by atoms with van der Waals surface area (Å²) in [7, 11) is 0. The zero-order valence-electron chi connectivity index (χ0n) is 22.8. The van der Waals surface area contributed by atoms with E-state index < -0.39 is 29.1 Å². The number of carbonyl (C=O) groups excluding carboxylic acids is 3. The van der Waals surface area contributed by atoms with Gasteiger partial charge in [0.25, 0.3) is 0 Å². The average molecular weight is 514 g/mol. The Balaban J connectivity index is 1.69. The van der Waals surface area contributed by atoms with E-state index in [0.29, 0.717) is 32.4 Å². The molecular weight excluding hydrogens is 470 g/mol. The maximum atomic E-state index is 14.1. The van der Waals surface area contributed by atoms with Crippen molar-refractivity contribution in [2.24, 2.45) is 11.8 Å². The maximum Gasteiger partial charge on any atom is 0.250 e. The maximum absolute atomic E-state index is 14.1. The van der Waals surface area contributed by atoms with E-state index in [1.807, 2.05) is 45.9 Å². The second-order valence-electron chi connectivity index (χ2n) is 11.0. The van der Waals surface area contributed by atoms with E-state index in [0.717, 1.165) is 48.9 Å². The molecule has 3 fully saturated rings. The number of nitrogens with zero attached hydrogens (tertiary/aromatic N) is 1. The largest absolute Gasteiger partial charge is 0.396 e. The van der Waals surface area contributed by atoms with Gasteiger partial charge < -0.3 is 25.4 Å². The van der Waals surface area contributed by atoms with Gasteiger partial charge in [0.05, 0.1) is 17.4 Å². The number of amides is 3. The number of carbonyl (C=O) groups is 3. The van der Waals surface area contributed by atoms with Crippen molar-refractivity contribution in [2.75, 3.05) is 25.0 Å². The molecule has 5 atom stereocenters. The fraction of sp³-hybridized carbons (Fsp3) is 0.690. The van der Waals surface area contributed by atoms with Crippen molar-refractivity contribution >= 4 is 23.4 Å². The lowest BCUT2D eigenvalue weighted by molar-refractivity contribution is -0.146. The fourth-order valence-electron chi connectivity index (χ4n) is 6.97. The Morgan fingerprint density at radius 1 is 1.08 bits per heavy atom. The van der Waals surface area contributed by atoms with Crippen molar-refractivity contribution in [3.63, 3.8) is 0 Å². The van der Waals surface area contributed by atoms with Crippen molar-refractivity contribution in [1.82, 2.24) is 10.2 Å². The van der Waals surface area contributed by atoms with Gasteiger partial charge in [-0.3, -0.25) is 14.4 Å². The first-order valence-corrected chi connectivity index (χ1v) is 14.0. The van der Waals surface area contributed by atoms with E-state index in [4.69, 9.17) is 9.84 Å². The Labute approximate surface area is 220 Å². The number of fused-ring (bicyclic) bond motifs is 1. The van der Waals surface area contributed by atoms with Gasteiger partial charge in [0.2, 0.25) is 17.7 Å². The summed E-state index contributed by atoms with van der Waals surface area (Å²) in [6.45, 7) is 9.06. The number of para-hydroxylation sites is 1. The summed E-state index contributed by atoms with van der Waals surface area (Å²) in [5, 5.41) is 15.3. The average Bonchev–Trinajstić information content (AvgIpc) is 3.48. The van der Waals surface area contributed by atoms with Crippen LogP contribution in [0.4, 0.5) is 5.69 Å². The van der Waals surface area contributed by atoms with Crippen LogP contribution >= 0.6 is 0 Å². The zero-order chi connectivity index (χ0) is 26.8. The van der Waals surface area contributed by atoms with Crippen LogP contribution in [0.15, 0.2) is 18.2 Å². The molecule has 8 nitrogen and oxygen atoms in total. The molecule has 1 aromatic carbocycles. The summed E-state index contributed by atoms with van der Waals surface area (Å²) in [5.41, 5.74) is 0.953. The van der Waals surface area contributed by atoms with E-state index in [2.05, 4.69) is 10.6 Å². The Bertz CT molecular complexity index is 1010. The van der Waals surface area contributed by atoms with E-state index in [-0.39, 0.29) is 24.3 Å². The number of unbranched alkanes of at least 4 members (excludes halogenated alkanes) is 3. The molecule has 37 heavy (non-hydrogen) atoms. The molecule has 3 aliphatic rings. The van der Waals surface area contributed by atoms with Crippen LogP contribution in [-0.2, 0) is 19.1 Å². The molecule has 3 saturated heterocycles. The first kappa shape index (κ1) is 27.6. The highest BCUT2D eigenvalue weighted by molar-refractivity contribution is 6.04. The molecule has 0 radical (unpaired) electrons. The minimum atomic E-state index is -1.01. The number of hydrogen-bond donors (Lipinski definition) is 3. The first-order chi connectivity index (χ1) is 17.8. The van der Waals surface area contributed by atoms with Gasteiger partial charge in [-0.25, -0.2) is 0 Å². The smallest absolute Gasteiger partial charge is 0.250 e. The Hall–Kier alpha value is -2.45. The Morgan fingerprint density at radius 2 is 1.78 bits per heavy atom. The molecule has 4 rings (SSSR count). The molecule has 0 saturated carbocycles. The molecule has 3 heterocycles. The molecular formula is C29H43N3O5. The molecule has 1 aromatic rings. The number of benzene rings is 1. The molecule has 2 unspecified atom stereocenters. The van der Waals surface area contributed by atoms with Crippen molar-refractivity contribution in [3.8, 4) is 0 Å². The van der Waals surface area contributed by atoms with Crippen LogP contribution < -0.4 is 10.6 Å².